The van der Waals surface area contributed by atoms with E-state index >= 15 is 0 Å². The lowest BCUT2D eigenvalue weighted by molar-refractivity contribution is -0.155. The molecule has 0 spiro atoms. The maximum absolute atomic E-state index is 10.7. The van der Waals surface area contributed by atoms with Gasteiger partial charge in [0, 0.05) is 13.6 Å². The highest BCUT2D eigenvalue weighted by Gasteiger charge is 2.26. The Hall–Kier alpha value is -1.06. The van der Waals surface area contributed by atoms with Crippen LogP contribution in [0, 0.1) is 5.92 Å². The van der Waals surface area contributed by atoms with Crippen LogP contribution in [0.15, 0.2) is 0 Å². The van der Waals surface area contributed by atoms with Crippen molar-refractivity contribution in [2.24, 2.45) is 5.92 Å². The summed E-state index contributed by atoms with van der Waals surface area (Å²) in [6.07, 6.45) is 2.24. The predicted octanol–water partition coefficient (Wildman–Crippen LogP) is -0.0606. The molecular formula is C7H11NO3. The fraction of sp³-hybridized carbons (Fsp3) is 0.714. The number of carbonyl (C=O) groups excluding carboxylic acids is 1. The first-order valence-corrected chi connectivity index (χ1v) is 3.59. The highest BCUT2D eigenvalue weighted by atomic mass is 16.4. The molecule has 0 aliphatic heterocycles. The number of nitrogens with zero attached hydrogens (tertiary/aromatic N) is 1. The first-order chi connectivity index (χ1) is 5.11. The summed E-state index contributed by atoms with van der Waals surface area (Å²) in [6.45, 7) is 0.588. The molecule has 1 amide bonds. The van der Waals surface area contributed by atoms with Crippen molar-refractivity contribution in [3.8, 4) is 0 Å². The Labute approximate surface area is 64.8 Å². The lowest BCUT2D eigenvalue weighted by Gasteiger charge is -2.12. The molecule has 1 N–H and O–H groups in total. The van der Waals surface area contributed by atoms with Crippen LogP contribution in [-0.4, -0.2) is 35.5 Å². The molecule has 4 nitrogen and oxygen atoms in total. The molecule has 0 aromatic carbocycles. The fourth-order valence-corrected chi connectivity index (χ4v) is 0.934. The molecule has 11 heavy (non-hydrogen) atoms. The zero-order valence-electron chi connectivity index (χ0n) is 6.41. The number of rotatable bonds is 2. The van der Waals surface area contributed by atoms with Crippen molar-refractivity contribution in [2.45, 2.75) is 12.8 Å². The van der Waals surface area contributed by atoms with Crippen molar-refractivity contribution in [2.75, 3.05) is 13.6 Å². The van der Waals surface area contributed by atoms with Crippen LogP contribution in [0.1, 0.15) is 12.8 Å². The van der Waals surface area contributed by atoms with Gasteiger partial charge in [-0.05, 0) is 18.8 Å². The second-order valence-electron chi connectivity index (χ2n) is 2.93. The van der Waals surface area contributed by atoms with Gasteiger partial charge in [0.1, 0.15) is 0 Å². The summed E-state index contributed by atoms with van der Waals surface area (Å²) >= 11 is 0. The van der Waals surface area contributed by atoms with E-state index in [9.17, 15) is 9.59 Å². The fourth-order valence-electron chi connectivity index (χ4n) is 0.934. The number of hydrogen-bond donors (Lipinski definition) is 1. The van der Waals surface area contributed by atoms with E-state index in [2.05, 4.69) is 0 Å². The van der Waals surface area contributed by atoms with Crippen LogP contribution in [0.5, 0.6) is 0 Å². The summed E-state index contributed by atoms with van der Waals surface area (Å²) < 4.78 is 0. The number of carboxylic acids is 1. The van der Waals surface area contributed by atoms with Crippen molar-refractivity contribution in [3.05, 3.63) is 0 Å². The van der Waals surface area contributed by atoms with Gasteiger partial charge in [0.2, 0.25) is 0 Å². The average Bonchev–Trinajstić information content (AvgIpc) is 2.69. The molecule has 0 aromatic heterocycles. The maximum Gasteiger partial charge on any atom is 0.394 e. The second kappa shape index (κ2) is 2.90. The van der Waals surface area contributed by atoms with Crippen LogP contribution in [0.25, 0.3) is 0 Å². The molecule has 1 saturated carbocycles. The number of carbonyl (C=O) groups is 2. The molecule has 1 fully saturated rings. The molecule has 0 heterocycles. The first-order valence-electron chi connectivity index (χ1n) is 3.59. The topological polar surface area (TPSA) is 57.6 Å². The number of hydrogen-bond acceptors (Lipinski definition) is 2. The van der Waals surface area contributed by atoms with E-state index in [1.54, 1.807) is 0 Å². The summed E-state index contributed by atoms with van der Waals surface area (Å²) in [7, 11) is 1.52. The smallest absolute Gasteiger partial charge is 0.394 e. The van der Waals surface area contributed by atoms with Crippen molar-refractivity contribution >= 4 is 11.9 Å². The largest absolute Gasteiger partial charge is 0.474 e. The van der Waals surface area contributed by atoms with Crippen LogP contribution >= 0.6 is 0 Å². The summed E-state index contributed by atoms with van der Waals surface area (Å²) in [5.74, 6) is -1.63. The van der Waals surface area contributed by atoms with E-state index < -0.39 is 11.9 Å². The number of likely N-dealkylation sites (N-methyl/N-ethyl adjacent to an activating group) is 1. The highest BCUT2D eigenvalue weighted by Crippen LogP contribution is 2.29. The summed E-state index contributed by atoms with van der Waals surface area (Å²) in [5, 5.41) is 8.29. The van der Waals surface area contributed by atoms with Crippen molar-refractivity contribution in [1.29, 1.82) is 0 Å². The van der Waals surface area contributed by atoms with E-state index in [1.165, 1.54) is 11.9 Å². The van der Waals surface area contributed by atoms with E-state index in [4.69, 9.17) is 5.11 Å². The number of carboxylic acid groups (broad SMARTS) is 1. The van der Waals surface area contributed by atoms with Gasteiger partial charge >= 0.3 is 11.9 Å². The lowest BCUT2D eigenvalue weighted by atomic mass is 10.4. The Morgan fingerprint density at radius 3 is 2.45 bits per heavy atom. The molecule has 1 rings (SSSR count). The maximum atomic E-state index is 10.7. The molecule has 4 heteroatoms. The molecule has 0 bridgehead atoms. The molecule has 0 unspecified atom stereocenters. The Balaban J connectivity index is 2.32. The molecule has 1 aliphatic carbocycles. The number of amides is 1. The summed E-state index contributed by atoms with van der Waals surface area (Å²) in [6, 6.07) is 0. The van der Waals surface area contributed by atoms with E-state index in [0.717, 1.165) is 12.8 Å². The van der Waals surface area contributed by atoms with E-state index in [0.29, 0.717) is 12.5 Å². The molecule has 0 aromatic rings. The molecule has 62 valence electrons. The zero-order valence-corrected chi connectivity index (χ0v) is 6.41. The van der Waals surface area contributed by atoms with Gasteiger partial charge in [0.15, 0.2) is 0 Å². The highest BCUT2D eigenvalue weighted by molar-refractivity contribution is 6.31. The second-order valence-corrected chi connectivity index (χ2v) is 2.93. The predicted molar refractivity (Wildman–Crippen MR) is 38.0 cm³/mol. The normalized spacial score (nSPS) is 16.1. The van der Waals surface area contributed by atoms with Gasteiger partial charge in [-0.1, -0.05) is 0 Å². The SMILES string of the molecule is CN(CC1CC1)C(=O)C(=O)O. The standard InChI is InChI=1S/C7H11NO3/c1-8(4-5-2-3-5)6(9)7(10)11/h5H,2-4H2,1H3,(H,10,11). The third kappa shape index (κ3) is 2.22. The van der Waals surface area contributed by atoms with Gasteiger partial charge in [-0.2, -0.15) is 0 Å². The van der Waals surface area contributed by atoms with Gasteiger partial charge in [0.25, 0.3) is 0 Å². The Bertz CT molecular complexity index is 186. The van der Waals surface area contributed by atoms with Crippen LogP contribution in [-0.2, 0) is 9.59 Å². The number of aliphatic carboxylic acids is 1. The van der Waals surface area contributed by atoms with Crippen LogP contribution in [0.2, 0.25) is 0 Å². The van der Waals surface area contributed by atoms with Gasteiger partial charge in [-0.15, -0.1) is 0 Å². The minimum atomic E-state index is -1.37. The van der Waals surface area contributed by atoms with Crippen molar-refractivity contribution in [3.63, 3.8) is 0 Å². The molecule has 0 radical (unpaired) electrons. The third-order valence-electron chi connectivity index (χ3n) is 1.76. The Morgan fingerprint density at radius 1 is 1.55 bits per heavy atom. The average molecular weight is 157 g/mol. The van der Waals surface area contributed by atoms with Crippen LogP contribution < -0.4 is 0 Å². The lowest BCUT2D eigenvalue weighted by Crippen LogP contribution is -2.34. The van der Waals surface area contributed by atoms with Gasteiger partial charge in [-0.3, -0.25) is 4.79 Å². The minimum absolute atomic E-state index is 0.545. The summed E-state index contributed by atoms with van der Waals surface area (Å²) in [4.78, 5) is 22.1. The Kier molecular flexibility index (Phi) is 2.12. The third-order valence-corrected chi connectivity index (χ3v) is 1.76. The first kappa shape index (κ1) is 8.04. The van der Waals surface area contributed by atoms with Gasteiger partial charge in [0.05, 0.1) is 0 Å². The van der Waals surface area contributed by atoms with Crippen molar-refractivity contribution in [1.82, 2.24) is 4.90 Å². The monoisotopic (exact) mass is 157 g/mol. The zero-order chi connectivity index (χ0) is 8.43. The van der Waals surface area contributed by atoms with E-state index in [1.807, 2.05) is 0 Å². The minimum Gasteiger partial charge on any atom is -0.474 e. The van der Waals surface area contributed by atoms with Gasteiger partial charge in [-0.25, -0.2) is 4.79 Å². The molecule has 1 aliphatic rings. The van der Waals surface area contributed by atoms with Gasteiger partial charge < -0.3 is 10.0 Å². The Morgan fingerprint density at radius 2 is 2.09 bits per heavy atom. The van der Waals surface area contributed by atoms with E-state index in [-0.39, 0.29) is 0 Å². The van der Waals surface area contributed by atoms with Crippen LogP contribution in [0.4, 0.5) is 0 Å². The molecule has 0 atom stereocenters. The van der Waals surface area contributed by atoms with Crippen LogP contribution in [0.3, 0.4) is 0 Å². The van der Waals surface area contributed by atoms with Crippen molar-refractivity contribution < 1.29 is 14.7 Å². The summed E-state index contributed by atoms with van der Waals surface area (Å²) in [5.41, 5.74) is 0. The molecule has 0 saturated heterocycles. The quantitative estimate of drug-likeness (QED) is 0.571. The molecular weight excluding hydrogens is 146 g/mol.